The van der Waals surface area contributed by atoms with E-state index >= 15 is 0 Å². The van der Waals surface area contributed by atoms with Crippen LogP contribution in [0.4, 0.5) is 0 Å². The van der Waals surface area contributed by atoms with Gasteiger partial charge in [0.2, 0.25) is 0 Å². The lowest BCUT2D eigenvalue weighted by molar-refractivity contribution is 0.670. The van der Waals surface area contributed by atoms with Gasteiger partial charge in [0.1, 0.15) is 16.2 Å². The summed E-state index contributed by atoms with van der Waals surface area (Å²) in [6, 6.07) is 58.1. The number of rotatable bonds is 6. The van der Waals surface area contributed by atoms with E-state index in [1.165, 1.54) is 0 Å². The smallest absolute Gasteiger partial charge is 0.167 e. The Morgan fingerprint density at radius 3 is 1.60 bits per heavy atom. The largest absolute Gasteiger partial charge is 0.455 e. The summed E-state index contributed by atoms with van der Waals surface area (Å²) in [4.78, 5) is 20.2. The van der Waals surface area contributed by atoms with Gasteiger partial charge < -0.3 is 4.42 Å². The summed E-state index contributed by atoms with van der Waals surface area (Å²) in [5.74, 6) is 1.74. The van der Waals surface area contributed by atoms with Gasteiger partial charge in [-0.3, -0.25) is 0 Å². The van der Waals surface area contributed by atoms with Gasteiger partial charge in [0.05, 0.1) is 21.3 Å². The third kappa shape index (κ3) is 5.34. The molecule has 0 spiro atoms. The van der Waals surface area contributed by atoms with E-state index < -0.39 is 0 Å². The number of hydrogen-bond donors (Lipinski definition) is 0. The maximum atomic E-state index is 6.93. The molecule has 0 radical (unpaired) electrons. The predicted octanol–water partition coefficient (Wildman–Crippen LogP) is 12.4. The lowest BCUT2D eigenvalue weighted by Gasteiger charge is -2.09. The van der Waals surface area contributed by atoms with Gasteiger partial charge in [-0.25, -0.2) is 19.9 Å². The minimum atomic E-state index is 0.547. The molecule has 0 fully saturated rings. The van der Waals surface area contributed by atoms with E-state index in [-0.39, 0.29) is 0 Å². The molecule has 0 atom stereocenters. The number of nitrogens with zero attached hydrogens (tertiary/aromatic N) is 4. The van der Waals surface area contributed by atoms with Crippen molar-refractivity contribution in [2.24, 2.45) is 0 Å². The molecule has 0 aliphatic rings. The van der Waals surface area contributed by atoms with Crippen molar-refractivity contribution in [2.45, 2.75) is 0 Å². The van der Waals surface area contributed by atoms with Crippen LogP contribution in [0, 0.1) is 0 Å². The molecule has 0 saturated heterocycles. The van der Waals surface area contributed by atoms with E-state index in [0.29, 0.717) is 17.5 Å². The summed E-state index contributed by atoms with van der Waals surface area (Å²) in [5, 5.41) is 2.92. The van der Waals surface area contributed by atoms with Crippen LogP contribution in [-0.2, 0) is 0 Å². The number of fused-ring (bicyclic) bond motifs is 4. The van der Waals surface area contributed by atoms with Crippen molar-refractivity contribution in [3.05, 3.63) is 170 Å². The second kappa shape index (κ2) is 12.5. The van der Waals surface area contributed by atoms with Crippen LogP contribution in [0.3, 0.4) is 0 Å². The van der Waals surface area contributed by atoms with Crippen molar-refractivity contribution < 1.29 is 4.42 Å². The standard InChI is InChI=1S/C46H28N4OS/c1-4-13-29(14-5-1)31-23-25-33(26-24-31)44-48-43(32-17-8-3-9-18-32)49-45(50-44)36-20-12-19-35-37-27-34(30-15-6-2-7-16-30)28-38(42(37)51-41(35)36)46-47-39-21-10-11-22-40(39)52-46/h1-28H. The Morgan fingerprint density at radius 1 is 0.365 bits per heavy atom. The molecule has 5 nitrogen and oxygen atoms in total. The number of aromatic nitrogens is 4. The normalized spacial score (nSPS) is 11.5. The summed E-state index contributed by atoms with van der Waals surface area (Å²) in [7, 11) is 0. The minimum Gasteiger partial charge on any atom is -0.455 e. The highest BCUT2D eigenvalue weighted by Crippen LogP contribution is 2.44. The quantitative estimate of drug-likeness (QED) is 0.174. The number of benzene rings is 7. The highest BCUT2D eigenvalue weighted by molar-refractivity contribution is 7.21. The van der Waals surface area contributed by atoms with Gasteiger partial charge in [-0.1, -0.05) is 140 Å². The Hall–Kier alpha value is -6.76. The third-order valence-corrected chi connectivity index (χ3v) is 10.5. The molecule has 10 aromatic rings. The molecule has 0 saturated carbocycles. The summed E-state index contributed by atoms with van der Waals surface area (Å²) in [6.07, 6.45) is 0. The Balaban J connectivity index is 1.18. The number of para-hydroxylation sites is 2. The molecular formula is C46H28N4OS. The molecule has 7 aromatic carbocycles. The average Bonchev–Trinajstić information content (AvgIpc) is 3.83. The summed E-state index contributed by atoms with van der Waals surface area (Å²) in [5.41, 5.74) is 10.6. The molecule has 0 amide bonds. The van der Waals surface area contributed by atoms with Crippen LogP contribution in [-0.4, -0.2) is 19.9 Å². The maximum Gasteiger partial charge on any atom is 0.167 e. The fourth-order valence-electron chi connectivity index (χ4n) is 6.80. The van der Waals surface area contributed by atoms with Gasteiger partial charge >= 0.3 is 0 Å². The molecule has 3 heterocycles. The van der Waals surface area contributed by atoms with Crippen molar-refractivity contribution in [3.63, 3.8) is 0 Å². The van der Waals surface area contributed by atoms with Crippen molar-refractivity contribution in [1.29, 1.82) is 0 Å². The van der Waals surface area contributed by atoms with Gasteiger partial charge in [-0.2, -0.15) is 0 Å². The molecule has 244 valence electrons. The van der Waals surface area contributed by atoms with Gasteiger partial charge in [-0.05, 0) is 52.6 Å². The van der Waals surface area contributed by atoms with Crippen molar-refractivity contribution in [3.8, 4) is 67.0 Å². The van der Waals surface area contributed by atoms with E-state index in [0.717, 1.165) is 81.7 Å². The predicted molar refractivity (Wildman–Crippen MR) is 213 cm³/mol. The highest BCUT2D eigenvalue weighted by atomic mass is 32.1. The molecule has 10 rings (SSSR count). The van der Waals surface area contributed by atoms with E-state index in [9.17, 15) is 0 Å². The van der Waals surface area contributed by atoms with Crippen LogP contribution < -0.4 is 0 Å². The van der Waals surface area contributed by atoms with Gasteiger partial charge in [0, 0.05) is 21.9 Å². The Kier molecular flexibility index (Phi) is 7.25. The first-order chi connectivity index (χ1) is 25.7. The van der Waals surface area contributed by atoms with E-state index in [1.54, 1.807) is 11.3 Å². The minimum absolute atomic E-state index is 0.547. The summed E-state index contributed by atoms with van der Waals surface area (Å²) in [6.45, 7) is 0. The monoisotopic (exact) mass is 684 g/mol. The van der Waals surface area contributed by atoms with E-state index in [2.05, 4.69) is 115 Å². The SMILES string of the molecule is c1ccc(-c2ccc(-c3nc(-c4ccccc4)nc(-c4cccc5c4oc4c(-c6nc7ccccc7s6)cc(-c6ccccc6)cc45)n3)cc2)cc1. The summed E-state index contributed by atoms with van der Waals surface area (Å²) >= 11 is 1.67. The van der Waals surface area contributed by atoms with Crippen molar-refractivity contribution in [1.82, 2.24) is 19.9 Å². The lowest BCUT2D eigenvalue weighted by Crippen LogP contribution is -2.00. The zero-order chi connectivity index (χ0) is 34.4. The number of thiazole rings is 1. The van der Waals surface area contributed by atoms with Crippen molar-refractivity contribution in [2.75, 3.05) is 0 Å². The van der Waals surface area contributed by atoms with Crippen molar-refractivity contribution >= 4 is 43.5 Å². The third-order valence-electron chi connectivity index (χ3n) is 9.39. The first-order valence-corrected chi connectivity index (χ1v) is 18.0. The van der Waals surface area contributed by atoms with Crippen LogP contribution in [0.25, 0.3) is 99.1 Å². The Bertz CT molecular complexity index is 2850. The Morgan fingerprint density at radius 2 is 0.904 bits per heavy atom. The van der Waals surface area contributed by atoms with Gasteiger partial charge in [-0.15, -0.1) is 11.3 Å². The number of furan rings is 1. The van der Waals surface area contributed by atoms with Crippen LogP contribution in [0.1, 0.15) is 0 Å². The topological polar surface area (TPSA) is 64.7 Å². The lowest BCUT2D eigenvalue weighted by atomic mass is 9.99. The second-order valence-corrected chi connectivity index (χ2v) is 13.7. The molecule has 0 bridgehead atoms. The Labute approximate surface area is 303 Å². The number of hydrogen-bond acceptors (Lipinski definition) is 6. The molecule has 0 unspecified atom stereocenters. The fourth-order valence-corrected chi connectivity index (χ4v) is 7.78. The zero-order valence-electron chi connectivity index (χ0n) is 27.8. The second-order valence-electron chi connectivity index (χ2n) is 12.7. The van der Waals surface area contributed by atoms with E-state index in [4.69, 9.17) is 24.4 Å². The van der Waals surface area contributed by atoms with Gasteiger partial charge in [0.15, 0.2) is 17.5 Å². The molecule has 0 aliphatic heterocycles. The molecule has 0 aliphatic carbocycles. The molecule has 0 N–H and O–H groups in total. The van der Waals surface area contributed by atoms with Crippen LogP contribution >= 0.6 is 11.3 Å². The van der Waals surface area contributed by atoms with Crippen LogP contribution in [0.5, 0.6) is 0 Å². The van der Waals surface area contributed by atoms with Crippen LogP contribution in [0.2, 0.25) is 0 Å². The highest BCUT2D eigenvalue weighted by Gasteiger charge is 2.22. The fraction of sp³-hybridized carbons (Fsp3) is 0. The average molecular weight is 685 g/mol. The van der Waals surface area contributed by atoms with E-state index in [1.807, 2.05) is 54.6 Å². The zero-order valence-corrected chi connectivity index (χ0v) is 28.6. The molecular weight excluding hydrogens is 657 g/mol. The summed E-state index contributed by atoms with van der Waals surface area (Å²) < 4.78 is 8.07. The first-order valence-electron chi connectivity index (χ1n) is 17.1. The van der Waals surface area contributed by atoms with Crippen LogP contribution in [0.15, 0.2) is 174 Å². The first kappa shape index (κ1) is 30.1. The molecule has 52 heavy (non-hydrogen) atoms. The van der Waals surface area contributed by atoms with Gasteiger partial charge in [0.25, 0.3) is 0 Å². The molecule has 3 aromatic heterocycles. The molecule has 6 heteroatoms. The maximum absolute atomic E-state index is 6.93.